The molecule has 6 nitrogen and oxygen atoms in total. The molecular formula is C27H26ClFN2O4S. The van der Waals surface area contributed by atoms with E-state index < -0.39 is 21.3 Å². The van der Waals surface area contributed by atoms with E-state index in [4.69, 9.17) is 11.6 Å². The molecule has 0 amide bonds. The van der Waals surface area contributed by atoms with E-state index in [0.29, 0.717) is 22.5 Å². The quantitative estimate of drug-likeness (QED) is 0.348. The molecule has 0 bridgehead atoms. The van der Waals surface area contributed by atoms with E-state index >= 15 is 0 Å². The van der Waals surface area contributed by atoms with Crippen LogP contribution in [0.4, 0.5) is 4.39 Å². The minimum atomic E-state index is -3.54. The summed E-state index contributed by atoms with van der Waals surface area (Å²) in [6, 6.07) is 14.8. The molecule has 0 spiro atoms. The van der Waals surface area contributed by atoms with Crippen LogP contribution in [0, 0.1) is 12.7 Å². The Balaban J connectivity index is 1.88. The van der Waals surface area contributed by atoms with Gasteiger partial charge >= 0.3 is 0 Å². The van der Waals surface area contributed by atoms with Crippen molar-refractivity contribution in [2.75, 3.05) is 6.26 Å². The second-order valence-electron chi connectivity index (χ2n) is 9.23. The van der Waals surface area contributed by atoms with E-state index in [0.717, 1.165) is 17.4 Å². The standard InChI is InChI=1S/C27H26ClFN2O4S/c1-16-12-17(18-8-9-19(15-32)23(13-18)36(4,34)35)10-11-22(16)31-14-24(27(2,3)33)30-26(31)25-20(28)6-5-7-21(25)29/h5-14,32-33H,15H2,1-4H3. The third-order valence-corrected chi connectivity index (χ3v) is 7.44. The summed E-state index contributed by atoms with van der Waals surface area (Å²) in [4.78, 5) is 4.60. The minimum absolute atomic E-state index is 0.0742. The van der Waals surface area contributed by atoms with Crippen molar-refractivity contribution in [2.45, 2.75) is 37.9 Å². The third kappa shape index (κ3) is 4.95. The van der Waals surface area contributed by atoms with Crippen molar-refractivity contribution in [3.63, 3.8) is 0 Å². The highest BCUT2D eigenvalue weighted by molar-refractivity contribution is 7.90. The Labute approximate surface area is 214 Å². The highest BCUT2D eigenvalue weighted by atomic mass is 35.5. The minimum Gasteiger partial charge on any atom is -0.392 e. The second-order valence-corrected chi connectivity index (χ2v) is 11.6. The molecule has 4 aromatic rings. The molecule has 2 N–H and O–H groups in total. The van der Waals surface area contributed by atoms with Gasteiger partial charge in [-0.05, 0) is 73.4 Å². The Kier molecular flexibility index (Phi) is 6.83. The lowest BCUT2D eigenvalue weighted by atomic mass is 10.0. The van der Waals surface area contributed by atoms with Gasteiger partial charge in [0.05, 0.1) is 33.5 Å². The molecule has 36 heavy (non-hydrogen) atoms. The van der Waals surface area contributed by atoms with Crippen LogP contribution in [0.1, 0.15) is 30.7 Å². The lowest BCUT2D eigenvalue weighted by Gasteiger charge is -2.15. The molecule has 0 saturated carbocycles. The fourth-order valence-electron chi connectivity index (χ4n) is 4.06. The number of benzene rings is 3. The molecule has 0 atom stereocenters. The summed E-state index contributed by atoms with van der Waals surface area (Å²) in [6.07, 6.45) is 2.76. The summed E-state index contributed by atoms with van der Waals surface area (Å²) in [5, 5.41) is 20.3. The first-order valence-corrected chi connectivity index (χ1v) is 13.4. The Bertz CT molecular complexity index is 1550. The van der Waals surface area contributed by atoms with Gasteiger partial charge < -0.3 is 10.2 Å². The zero-order valence-corrected chi connectivity index (χ0v) is 21.8. The molecule has 1 heterocycles. The number of hydrogen-bond acceptors (Lipinski definition) is 5. The molecule has 1 aromatic heterocycles. The Hall–Kier alpha value is -3.04. The van der Waals surface area contributed by atoms with Crippen LogP contribution in [0.15, 0.2) is 65.7 Å². The van der Waals surface area contributed by atoms with Gasteiger partial charge in [-0.3, -0.25) is 4.57 Å². The molecule has 4 rings (SSSR count). The zero-order valence-electron chi connectivity index (χ0n) is 20.3. The average molecular weight is 529 g/mol. The van der Waals surface area contributed by atoms with Crippen molar-refractivity contribution in [2.24, 2.45) is 0 Å². The van der Waals surface area contributed by atoms with Crippen molar-refractivity contribution in [3.05, 3.63) is 88.5 Å². The van der Waals surface area contributed by atoms with E-state index in [1.54, 1.807) is 48.9 Å². The lowest BCUT2D eigenvalue weighted by molar-refractivity contribution is 0.0743. The van der Waals surface area contributed by atoms with E-state index in [1.165, 1.54) is 12.1 Å². The predicted molar refractivity (Wildman–Crippen MR) is 138 cm³/mol. The van der Waals surface area contributed by atoms with Crippen LogP contribution in [0.25, 0.3) is 28.2 Å². The highest BCUT2D eigenvalue weighted by Gasteiger charge is 2.26. The van der Waals surface area contributed by atoms with Gasteiger partial charge in [0.25, 0.3) is 0 Å². The lowest BCUT2D eigenvalue weighted by Crippen LogP contribution is -2.15. The molecule has 0 aliphatic rings. The summed E-state index contributed by atoms with van der Waals surface area (Å²) < 4.78 is 41.0. The van der Waals surface area contributed by atoms with Crippen LogP contribution in [-0.4, -0.2) is 34.4 Å². The molecule has 3 aromatic carbocycles. The van der Waals surface area contributed by atoms with Gasteiger partial charge in [0, 0.05) is 12.5 Å². The maximum absolute atomic E-state index is 14.9. The zero-order chi connectivity index (χ0) is 26.4. The van der Waals surface area contributed by atoms with Gasteiger partial charge in [-0.15, -0.1) is 0 Å². The molecule has 0 aliphatic heterocycles. The summed E-state index contributed by atoms with van der Waals surface area (Å²) in [7, 11) is -3.54. The Morgan fingerprint density at radius 3 is 2.33 bits per heavy atom. The summed E-state index contributed by atoms with van der Waals surface area (Å²) in [5.41, 5.74) is 2.44. The molecule has 0 aliphatic carbocycles. The number of halogens is 2. The van der Waals surface area contributed by atoms with Gasteiger partial charge in [-0.1, -0.05) is 35.9 Å². The molecule has 0 radical (unpaired) electrons. The molecule has 9 heteroatoms. The van der Waals surface area contributed by atoms with Crippen LogP contribution >= 0.6 is 11.6 Å². The van der Waals surface area contributed by atoms with Gasteiger partial charge in [-0.2, -0.15) is 0 Å². The largest absolute Gasteiger partial charge is 0.392 e. The topological polar surface area (TPSA) is 92.4 Å². The first-order valence-electron chi connectivity index (χ1n) is 11.1. The Morgan fingerprint density at radius 1 is 1.08 bits per heavy atom. The van der Waals surface area contributed by atoms with Crippen LogP contribution in [0.5, 0.6) is 0 Å². The first kappa shape index (κ1) is 26.0. The van der Waals surface area contributed by atoms with Gasteiger partial charge in [0.15, 0.2) is 9.84 Å². The molecule has 0 unspecified atom stereocenters. The fraction of sp³-hybridized carbons (Fsp3) is 0.222. The second kappa shape index (κ2) is 9.44. The summed E-state index contributed by atoms with van der Waals surface area (Å²) >= 11 is 6.35. The maximum atomic E-state index is 14.9. The van der Waals surface area contributed by atoms with Crippen molar-refractivity contribution in [1.29, 1.82) is 0 Å². The monoisotopic (exact) mass is 528 g/mol. The summed E-state index contributed by atoms with van der Waals surface area (Å²) in [5.74, 6) is -0.291. The van der Waals surface area contributed by atoms with E-state index in [9.17, 15) is 23.0 Å². The molecular weight excluding hydrogens is 503 g/mol. The number of aromatic nitrogens is 2. The van der Waals surface area contributed by atoms with E-state index in [1.807, 2.05) is 25.1 Å². The van der Waals surface area contributed by atoms with Gasteiger partial charge in [0.2, 0.25) is 0 Å². The number of aliphatic hydroxyl groups excluding tert-OH is 1. The predicted octanol–water partition coefficient (Wildman–Crippen LogP) is 5.43. The SMILES string of the molecule is Cc1cc(-c2ccc(CO)c(S(C)(=O)=O)c2)ccc1-n1cc(C(C)(C)O)nc1-c1c(F)cccc1Cl. The number of nitrogens with zero attached hydrogens (tertiary/aromatic N) is 2. The maximum Gasteiger partial charge on any atom is 0.175 e. The van der Waals surface area contributed by atoms with E-state index in [-0.39, 0.29) is 27.9 Å². The molecule has 0 saturated heterocycles. The highest BCUT2D eigenvalue weighted by Crippen LogP contribution is 2.35. The van der Waals surface area contributed by atoms with E-state index in [2.05, 4.69) is 4.98 Å². The number of rotatable bonds is 6. The van der Waals surface area contributed by atoms with Gasteiger partial charge in [-0.25, -0.2) is 17.8 Å². The molecule has 0 fully saturated rings. The van der Waals surface area contributed by atoms with Crippen LogP contribution in [0.3, 0.4) is 0 Å². The average Bonchev–Trinajstić information content (AvgIpc) is 3.23. The van der Waals surface area contributed by atoms with Crippen molar-refractivity contribution >= 4 is 21.4 Å². The van der Waals surface area contributed by atoms with Crippen molar-refractivity contribution < 1.29 is 23.0 Å². The fourth-order valence-corrected chi connectivity index (χ4v) is 5.26. The number of hydrogen-bond donors (Lipinski definition) is 2. The number of aliphatic hydroxyl groups is 2. The normalized spacial score (nSPS) is 12.2. The van der Waals surface area contributed by atoms with Gasteiger partial charge in [0.1, 0.15) is 17.2 Å². The van der Waals surface area contributed by atoms with Crippen molar-refractivity contribution in [3.8, 4) is 28.2 Å². The van der Waals surface area contributed by atoms with Crippen LogP contribution in [-0.2, 0) is 22.0 Å². The van der Waals surface area contributed by atoms with Crippen molar-refractivity contribution in [1.82, 2.24) is 9.55 Å². The number of sulfone groups is 1. The van der Waals surface area contributed by atoms with Crippen LogP contribution in [0.2, 0.25) is 5.02 Å². The van der Waals surface area contributed by atoms with Crippen LogP contribution < -0.4 is 0 Å². The number of imidazole rings is 1. The smallest absolute Gasteiger partial charge is 0.175 e. The molecule has 188 valence electrons. The summed E-state index contributed by atoms with van der Waals surface area (Å²) in [6.45, 7) is 4.68. The first-order chi connectivity index (χ1) is 16.8. The Morgan fingerprint density at radius 2 is 1.75 bits per heavy atom. The third-order valence-electron chi connectivity index (χ3n) is 5.95. The number of aryl methyl sites for hydroxylation is 1.